The number of benzene rings is 1. The normalized spacial score (nSPS) is 10.5. The van der Waals surface area contributed by atoms with Crippen LogP contribution in [0, 0.1) is 0 Å². The molecular formula is C11H9ClN2OS2. The van der Waals surface area contributed by atoms with Crippen molar-refractivity contribution in [3.63, 3.8) is 0 Å². The van der Waals surface area contributed by atoms with Gasteiger partial charge in [-0.2, -0.15) is 4.37 Å². The standard InChI is InChI=1S/C11H9ClN2OS2/c1-2-10-13-11(17-14-10)16-9-4-3-7(6-15)5-8(9)12/h3-6H,2H2,1H3. The van der Waals surface area contributed by atoms with Crippen LogP contribution in [0.15, 0.2) is 27.4 Å². The molecule has 0 aliphatic carbocycles. The van der Waals surface area contributed by atoms with E-state index in [1.807, 2.05) is 13.0 Å². The molecule has 0 bridgehead atoms. The van der Waals surface area contributed by atoms with Crippen LogP contribution >= 0.6 is 34.9 Å². The largest absolute Gasteiger partial charge is 0.298 e. The predicted octanol–water partition coefficient (Wildman–Crippen LogP) is 3.72. The third-order valence-corrected chi connectivity index (χ3v) is 4.34. The maximum atomic E-state index is 10.6. The maximum absolute atomic E-state index is 10.6. The average molecular weight is 285 g/mol. The van der Waals surface area contributed by atoms with Crippen LogP contribution in [0.1, 0.15) is 23.1 Å². The van der Waals surface area contributed by atoms with Crippen LogP contribution in [0.4, 0.5) is 0 Å². The van der Waals surface area contributed by atoms with E-state index in [9.17, 15) is 4.79 Å². The molecule has 0 unspecified atom stereocenters. The van der Waals surface area contributed by atoms with Gasteiger partial charge in [-0.15, -0.1) is 0 Å². The highest BCUT2D eigenvalue weighted by Gasteiger charge is 2.08. The van der Waals surface area contributed by atoms with Gasteiger partial charge in [0.25, 0.3) is 0 Å². The molecule has 88 valence electrons. The molecule has 0 saturated heterocycles. The van der Waals surface area contributed by atoms with Crippen molar-refractivity contribution in [1.29, 1.82) is 0 Å². The molecule has 2 aromatic rings. The maximum Gasteiger partial charge on any atom is 0.174 e. The fourth-order valence-corrected chi connectivity index (χ4v) is 3.16. The van der Waals surface area contributed by atoms with Gasteiger partial charge in [0.15, 0.2) is 4.34 Å². The number of aryl methyl sites for hydroxylation is 1. The molecule has 3 nitrogen and oxygen atoms in total. The smallest absolute Gasteiger partial charge is 0.174 e. The van der Waals surface area contributed by atoms with E-state index in [1.165, 1.54) is 23.3 Å². The van der Waals surface area contributed by atoms with E-state index in [0.29, 0.717) is 10.6 Å². The molecule has 0 saturated carbocycles. The molecule has 0 amide bonds. The van der Waals surface area contributed by atoms with Crippen molar-refractivity contribution in [2.24, 2.45) is 0 Å². The first kappa shape index (κ1) is 12.5. The summed E-state index contributed by atoms with van der Waals surface area (Å²) < 4.78 is 5.07. The van der Waals surface area contributed by atoms with Crippen molar-refractivity contribution < 1.29 is 4.79 Å². The van der Waals surface area contributed by atoms with Crippen molar-refractivity contribution >= 4 is 41.2 Å². The molecule has 2 rings (SSSR count). The number of nitrogens with zero attached hydrogens (tertiary/aromatic N) is 2. The van der Waals surface area contributed by atoms with Gasteiger partial charge >= 0.3 is 0 Å². The van der Waals surface area contributed by atoms with Gasteiger partial charge < -0.3 is 0 Å². The van der Waals surface area contributed by atoms with E-state index < -0.39 is 0 Å². The molecule has 6 heteroatoms. The lowest BCUT2D eigenvalue weighted by molar-refractivity contribution is 0.112. The Morgan fingerprint density at radius 1 is 1.53 bits per heavy atom. The molecule has 0 atom stereocenters. The Bertz CT molecular complexity index is 542. The van der Waals surface area contributed by atoms with E-state index >= 15 is 0 Å². The summed E-state index contributed by atoms with van der Waals surface area (Å²) in [6.07, 6.45) is 1.61. The Hall–Kier alpha value is -0.910. The summed E-state index contributed by atoms with van der Waals surface area (Å²) in [5.41, 5.74) is 0.575. The number of aromatic nitrogens is 2. The lowest BCUT2D eigenvalue weighted by Gasteiger charge is -2.01. The number of aldehydes is 1. The van der Waals surface area contributed by atoms with E-state index in [-0.39, 0.29) is 0 Å². The third kappa shape index (κ3) is 3.06. The van der Waals surface area contributed by atoms with E-state index in [2.05, 4.69) is 9.36 Å². The number of hydrogen-bond acceptors (Lipinski definition) is 5. The van der Waals surface area contributed by atoms with Crippen molar-refractivity contribution in [3.8, 4) is 0 Å². The van der Waals surface area contributed by atoms with Crippen LogP contribution in [0.2, 0.25) is 5.02 Å². The topological polar surface area (TPSA) is 42.9 Å². The lowest BCUT2D eigenvalue weighted by atomic mass is 10.2. The zero-order chi connectivity index (χ0) is 12.3. The third-order valence-electron chi connectivity index (χ3n) is 2.05. The Morgan fingerprint density at radius 2 is 2.35 bits per heavy atom. The van der Waals surface area contributed by atoms with Crippen LogP contribution in [0.3, 0.4) is 0 Å². The van der Waals surface area contributed by atoms with Crippen LogP contribution in [0.5, 0.6) is 0 Å². The minimum absolute atomic E-state index is 0.563. The van der Waals surface area contributed by atoms with E-state index in [0.717, 1.165) is 27.8 Å². The van der Waals surface area contributed by atoms with Gasteiger partial charge in [-0.3, -0.25) is 4.79 Å². The Kier molecular flexibility index (Phi) is 4.15. The van der Waals surface area contributed by atoms with E-state index in [4.69, 9.17) is 11.6 Å². The first-order valence-electron chi connectivity index (χ1n) is 4.98. The highest BCUT2D eigenvalue weighted by Crippen LogP contribution is 2.34. The molecule has 0 fully saturated rings. The Labute approximate surface area is 112 Å². The average Bonchev–Trinajstić information content (AvgIpc) is 2.79. The van der Waals surface area contributed by atoms with Gasteiger partial charge in [-0.1, -0.05) is 36.4 Å². The first-order chi connectivity index (χ1) is 8.22. The summed E-state index contributed by atoms with van der Waals surface area (Å²) >= 11 is 8.90. The highest BCUT2D eigenvalue weighted by molar-refractivity contribution is 8.01. The minimum Gasteiger partial charge on any atom is -0.298 e. The van der Waals surface area contributed by atoms with Gasteiger partial charge in [0.05, 0.1) is 5.02 Å². The van der Waals surface area contributed by atoms with Crippen molar-refractivity contribution in [2.75, 3.05) is 0 Å². The number of carbonyl (C=O) groups is 1. The SMILES string of the molecule is CCc1nsc(Sc2ccc(C=O)cc2Cl)n1. The molecule has 0 radical (unpaired) electrons. The predicted molar refractivity (Wildman–Crippen MR) is 70.2 cm³/mol. The number of rotatable bonds is 4. The lowest BCUT2D eigenvalue weighted by Crippen LogP contribution is -1.83. The zero-order valence-corrected chi connectivity index (χ0v) is 11.4. The number of halogens is 1. The van der Waals surface area contributed by atoms with E-state index in [1.54, 1.807) is 12.1 Å². The second-order valence-corrected chi connectivity index (χ2v) is 5.69. The summed E-state index contributed by atoms with van der Waals surface area (Å²) in [4.78, 5) is 15.8. The molecule has 1 heterocycles. The molecule has 0 aliphatic heterocycles. The number of hydrogen-bond donors (Lipinski definition) is 0. The van der Waals surface area contributed by atoms with Crippen LogP contribution < -0.4 is 0 Å². The fraction of sp³-hybridized carbons (Fsp3) is 0.182. The quantitative estimate of drug-likeness (QED) is 0.803. The zero-order valence-electron chi connectivity index (χ0n) is 9.01. The van der Waals surface area contributed by atoms with Crippen molar-refractivity contribution in [1.82, 2.24) is 9.36 Å². The number of carbonyl (C=O) groups excluding carboxylic acids is 1. The minimum atomic E-state index is 0.563. The summed E-state index contributed by atoms with van der Waals surface area (Å²) in [7, 11) is 0. The first-order valence-corrected chi connectivity index (χ1v) is 6.95. The summed E-state index contributed by atoms with van der Waals surface area (Å²) in [5.74, 6) is 0.845. The van der Waals surface area contributed by atoms with Gasteiger partial charge in [-0.05, 0) is 23.7 Å². The Morgan fingerprint density at radius 3 is 2.94 bits per heavy atom. The van der Waals surface area contributed by atoms with Gasteiger partial charge in [0, 0.05) is 16.9 Å². The highest BCUT2D eigenvalue weighted by atomic mass is 35.5. The van der Waals surface area contributed by atoms with Crippen molar-refractivity contribution in [3.05, 3.63) is 34.6 Å². The Balaban J connectivity index is 2.20. The summed E-state index contributed by atoms with van der Waals surface area (Å²) in [6.45, 7) is 2.02. The van der Waals surface area contributed by atoms with Crippen LogP contribution in [-0.4, -0.2) is 15.6 Å². The fourth-order valence-electron chi connectivity index (χ4n) is 1.19. The second kappa shape index (κ2) is 5.62. The van der Waals surface area contributed by atoms with Gasteiger partial charge in [-0.25, -0.2) is 4.98 Å². The van der Waals surface area contributed by atoms with Gasteiger partial charge in [0.1, 0.15) is 12.1 Å². The molecule has 0 N–H and O–H groups in total. The summed E-state index contributed by atoms with van der Waals surface area (Å²) in [6, 6.07) is 5.21. The molecule has 17 heavy (non-hydrogen) atoms. The monoisotopic (exact) mass is 284 g/mol. The molecule has 1 aromatic heterocycles. The molecule has 1 aromatic carbocycles. The molecular weight excluding hydrogens is 276 g/mol. The molecule has 0 spiro atoms. The van der Waals surface area contributed by atoms with Crippen LogP contribution in [0.25, 0.3) is 0 Å². The molecule has 0 aliphatic rings. The van der Waals surface area contributed by atoms with Gasteiger partial charge in [0.2, 0.25) is 0 Å². The van der Waals surface area contributed by atoms with Crippen molar-refractivity contribution in [2.45, 2.75) is 22.6 Å². The second-order valence-electron chi connectivity index (χ2n) is 3.24. The van der Waals surface area contributed by atoms with Crippen LogP contribution in [-0.2, 0) is 6.42 Å². The summed E-state index contributed by atoms with van der Waals surface area (Å²) in [5, 5.41) is 0.563.